The third-order valence-corrected chi connectivity index (χ3v) is 3.23. The van der Waals surface area contributed by atoms with Gasteiger partial charge in [-0.05, 0) is 19.4 Å². The van der Waals surface area contributed by atoms with Crippen LogP contribution in [-0.2, 0) is 0 Å². The van der Waals surface area contributed by atoms with Crippen molar-refractivity contribution < 1.29 is 9.45 Å². The number of aryl methyl sites for hydroxylation is 1. The van der Waals surface area contributed by atoms with Crippen LogP contribution in [0.25, 0.3) is 11.5 Å². The molecule has 6 nitrogen and oxygen atoms in total. The van der Waals surface area contributed by atoms with Gasteiger partial charge in [0.1, 0.15) is 5.56 Å². The second kappa shape index (κ2) is 5.36. The Labute approximate surface area is 114 Å². The number of aromatic nitrogens is 2. The Morgan fingerprint density at radius 1 is 1.53 bits per heavy atom. The molecule has 19 heavy (non-hydrogen) atoms. The van der Waals surface area contributed by atoms with Crippen LogP contribution in [0.15, 0.2) is 22.7 Å². The fraction of sp³-hybridized carbons (Fsp3) is 0.333. The van der Waals surface area contributed by atoms with Crippen LogP contribution < -0.4 is 0 Å². The highest BCUT2D eigenvalue weighted by Crippen LogP contribution is 2.32. The van der Waals surface area contributed by atoms with Crippen LogP contribution in [0.5, 0.6) is 0 Å². The van der Waals surface area contributed by atoms with E-state index in [2.05, 4.69) is 10.1 Å². The summed E-state index contributed by atoms with van der Waals surface area (Å²) in [6, 6.07) is 4.95. The molecule has 0 aliphatic heterocycles. The van der Waals surface area contributed by atoms with Gasteiger partial charge in [-0.2, -0.15) is 4.98 Å². The molecule has 0 aliphatic rings. The zero-order valence-corrected chi connectivity index (χ0v) is 11.2. The third kappa shape index (κ3) is 2.58. The van der Waals surface area contributed by atoms with E-state index in [9.17, 15) is 10.1 Å². The Morgan fingerprint density at radius 3 is 2.89 bits per heavy atom. The van der Waals surface area contributed by atoms with Crippen molar-refractivity contribution in [2.45, 2.75) is 25.6 Å². The summed E-state index contributed by atoms with van der Waals surface area (Å²) in [6.45, 7) is 3.55. The van der Waals surface area contributed by atoms with E-state index in [4.69, 9.17) is 16.1 Å². The minimum Gasteiger partial charge on any atom is -0.334 e. The van der Waals surface area contributed by atoms with E-state index < -0.39 is 4.92 Å². The van der Waals surface area contributed by atoms with E-state index in [0.29, 0.717) is 23.4 Å². The summed E-state index contributed by atoms with van der Waals surface area (Å²) in [5.74, 6) is 0.458. The summed E-state index contributed by atoms with van der Waals surface area (Å²) < 4.78 is 5.07. The first-order valence-corrected chi connectivity index (χ1v) is 6.20. The molecule has 100 valence electrons. The van der Waals surface area contributed by atoms with Crippen molar-refractivity contribution in [1.82, 2.24) is 10.1 Å². The van der Waals surface area contributed by atoms with Gasteiger partial charge < -0.3 is 4.52 Å². The minimum atomic E-state index is -0.452. The largest absolute Gasteiger partial charge is 0.334 e. The molecule has 0 fully saturated rings. The van der Waals surface area contributed by atoms with Crippen LogP contribution >= 0.6 is 11.6 Å². The molecule has 0 saturated carbocycles. The average Bonchev–Trinajstić information content (AvgIpc) is 2.86. The smallest absolute Gasteiger partial charge is 0.285 e. The van der Waals surface area contributed by atoms with Crippen LogP contribution in [0.3, 0.4) is 0 Å². The van der Waals surface area contributed by atoms with Crippen LogP contribution in [0.2, 0.25) is 0 Å². The lowest BCUT2D eigenvalue weighted by Crippen LogP contribution is -1.95. The first-order valence-electron chi connectivity index (χ1n) is 5.76. The molecule has 0 bridgehead atoms. The van der Waals surface area contributed by atoms with Crippen LogP contribution in [0.1, 0.15) is 30.1 Å². The molecule has 0 amide bonds. The van der Waals surface area contributed by atoms with Crippen LogP contribution in [0, 0.1) is 17.0 Å². The summed E-state index contributed by atoms with van der Waals surface area (Å²) in [7, 11) is 0. The summed E-state index contributed by atoms with van der Waals surface area (Å²) in [5, 5.41) is 14.5. The predicted molar refractivity (Wildman–Crippen MR) is 70.0 cm³/mol. The molecular formula is C12H12ClN3O3. The molecule has 1 aromatic carbocycles. The molecule has 0 aliphatic carbocycles. The zero-order chi connectivity index (χ0) is 14.0. The SMILES string of the molecule is CCC(Cl)c1noc(-c2cccc(C)c2[N+](=O)[O-])n1. The molecule has 0 saturated heterocycles. The zero-order valence-electron chi connectivity index (χ0n) is 10.5. The lowest BCUT2D eigenvalue weighted by molar-refractivity contribution is -0.384. The molecule has 0 radical (unpaired) electrons. The van der Waals surface area contributed by atoms with Gasteiger partial charge in [0.2, 0.25) is 0 Å². The molecule has 0 spiro atoms. The Morgan fingerprint density at radius 2 is 2.26 bits per heavy atom. The van der Waals surface area contributed by atoms with Gasteiger partial charge in [-0.25, -0.2) is 0 Å². The lowest BCUT2D eigenvalue weighted by Gasteiger charge is -2.00. The molecule has 7 heteroatoms. The van der Waals surface area contributed by atoms with Gasteiger partial charge in [0.05, 0.1) is 10.3 Å². The topological polar surface area (TPSA) is 82.1 Å². The van der Waals surface area contributed by atoms with Crippen molar-refractivity contribution in [1.29, 1.82) is 0 Å². The Balaban J connectivity index is 2.50. The van der Waals surface area contributed by atoms with Gasteiger partial charge in [-0.3, -0.25) is 10.1 Å². The number of alkyl halides is 1. The van der Waals surface area contributed by atoms with E-state index in [0.717, 1.165) is 0 Å². The number of nitro benzene ring substituents is 1. The maximum absolute atomic E-state index is 11.1. The van der Waals surface area contributed by atoms with Gasteiger partial charge in [0.25, 0.3) is 11.6 Å². The highest BCUT2D eigenvalue weighted by Gasteiger charge is 2.23. The van der Waals surface area contributed by atoms with Gasteiger partial charge in [0.15, 0.2) is 5.82 Å². The minimum absolute atomic E-state index is 0.0275. The molecule has 1 aromatic heterocycles. The first-order chi connectivity index (χ1) is 9.04. The average molecular weight is 282 g/mol. The number of nitrogens with zero attached hydrogens (tertiary/aromatic N) is 3. The molecular weight excluding hydrogens is 270 g/mol. The number of hydrogen-bond donors (Lipinski definition) is 0. The van der Waals surface area contributed by atoms with E-state index in [-0.39, 0.29) is 17.0 Å². The van der Waals surface area contributed by atoms with Crippen molar-refractivity contribution in [2.75, 3.05) is 0 Å². The van der Waals surface area contributed by atoms with Crippen LogP contribution in [-0.4, -0.2) is 15.1 Å². The van der Waals surface area contributed by atoms with Gasteiger partial charge in [-0.15, -0.1) is 11.6 Å². The quantitative estimate of drug-likeness (QED) is 0.485. The second-order valence-corrected chi connectivity index (χ2v) is 4.59. The monoisotopic (exact) mass is 281 g/mol. The van der Waals surface area contributed by atoms with Crippen molar-refractivity contribution in [3.8, 4) is 11.5 Å². The van der Waals surface area contributed by atoms with Crippen LogP contribution in [0.4, 0.5) is 5.69 Å². The first kappa shape index (κ1) is 13.5. The fourth-order valence-corrected chi connectivity index (χ4v) is 1.82. The van der Waals surface area contributed by atoms with Gasteiger partial charge in [-0.1, -0.05) is 24.2 Å². The lowest BCUT2D eigenvalue weighted by atomic mass is 10.1. The standard InChI is InChI=1S/C12H12ClN3O3/c1-3-9(13)11-14-12(19-15-11)8-6-4-5-7(2)10(8)16(17)18/h4-6,9H,3H2,1-2H3. The molecule has 1 heterocycles. The number of rotatable bonds is 4. The molecule has 1 unspecified atom stereocenters. The number of halogens is 1. The van der Waals surface area contributed by atoms with E-state index in [1.165, 1.54) is 0 Å². The molecule has 2 rings (SSSR count). The maximum atomic E-state index is 11.1. The van der Waals surface area contributed by atoms with Crippen molar-refractivity contribution in [2.24, 2.45) is 0 Å². The van der Waals surface area contributed by atoms with Gasteiger partial charge >= 0.3 is 0 Å². The fourth-order valence-electron chi connectivity index (χ4n) is 1.73. The normalized spacial score (nSPS) is 12.4. The third-order valence-electron chi connectivity index (χ3n) is 2.73. The van der Waals surface area contributed by atoms with Crippen molar-refractivity contribution in [3.05, 3.63) is 39.7 Å². The summed E-state index contributed by atoms with van der Waals surface area (Å²) in [5.41, 5.74) is 0.823. The second-order valence-electron chi connectivity index (χ2n) is 4.06. The van der Waals surface area contributed by atoms with Crippen molar-refractivity contribution in [3.63, 3.8) is 0 Å². The number of benzene rings is 1. The number of nitro groups is 1. The Bertz CT molecular complexity index is 612. The van der Waals surface area contributed by atoms with E-state index in [1.54, 1.807) is 25.1 Å². The molecule has 1 atom stereocenters. The van der Waals surface area contributed by atoms with E-state index in [1.807, 2.05) is 6.92 Å². The number of para-hydroxylation sites is 1. The van der Waals surface area contributed by atoms with Gasteiger partial charge in [0, 0.05) is 5.56 Å². The highest BCUT2D eigenvalue weighted by molar-refractivity contribution is 6.20. The summed E-state index contributed by atoms with van der Waals surface area (Å²) in [4.78, 5) is 14.8. The Hall–Kier alpha value is -1.95. The Kier molecular flexibility index (Phi) is 3.80. The van der Waals surface area contributed by atoms with E-state index >= 15 is 0 Å². The summed E-state index contributed by atoms with van der Waals surface area (Å²) in [6.07, 6.45) is 0.649. The molecule has 0 N–H and O–H groups in total. The van der Waals surface area contributed by atoms with Crippen molar-refractivity contribution >= 4 is 17.3 Å². The highest BCUT2D eigenvalue weighted by atomic mass is 35.5. The number of hydrogen-bond acceptors (Lipinski definition) is 5. The molecule has 2 aromatic rings. The maximum Gasteiger partial charge on any atom is 0.285 e. The predicted octanol–water partition coefficient (Wildman–Crippen LogP) is 3.64. The summed E-state index contributed by atoms with van der Waals surface area (Å²) >= 11 is 6.01.